The molecule has 1 heterocycles. The van der Waals surface area contributed by atoms with Gasteiger partial charge in [-0.3, -0.25) is 14.9 Å². The van der Waals surface area contributed by atoms with Crippen LogP contribution in [-0.2, 0) is 10.0 Å². The van der Waals surface area contributed by atoms with Crippen LogP contribution in [0.3, 0.4) is 0 Å². The van der Waals surface area contributed by atoms with Gasteiger partial charge in [0, 0.05) is 39.9 Å². The minimum absolute atomic E-state index is 0.107. The van der Waals surface area contributed by atoms with Crippen LogP contribution in [0.25, 0.3) is 33.8 Å². The van der Waals surface area contributed by atoms with E-state index in [1.807, 2.05) is 90.5 Å². The number of anilines is 1. The van der Waals surface area contributed by atoms with E-state index in [1.54, 1.807) is 30.2 Å². The highest BCUT2D eigenvalue weighted by Gasteiger charge is 2.24. The van der Waals surface area contributed by atoms with E-state index < -0.39 is 31.4 Å². The number of nitrogens with one attached hydrogen (secondary N) is 2. The molecule has 0 radical (unpaired) electrons. The van der Waals surface area contributed by atoms with Crippen molar-refractivity contribution in [3.63, 3.8) is 0 Å². The Hall–Kier alpha value is -5.72. The average Bonchev–Trinajstić information content (AvgIpc) is 3.61. The molecule has 2 N–H and O–H groups in total. The number of carbonyl (C=O) groups is 1. The summed E-state index contributed by atoms with van der Waals surface area (Å²) in [7, 11) is -4.40. The largest absolute Gasteiger partial charge is 0.444 e. The second-order valence-corrected chi connectivity index (χ2v) is 13.9. The lowest BCUT2D eigenvalue weighted by atomic mass is 10.0. The topological polar surface area (TPSA) is 144 Å². The second kappa shape index (κ2) is 14.6. The van der Waals surface area contributed by atoms with Gasteiger partial charge in [0.2, 0.25) is 5.89 Å². The number of aryl methyl sites for hydroxylation is 1. The number of thioether (sulfide) groups is 1. The zero-order valence-corrected chi connectivity index (χ0v) is 27.8. The molecule has 5 aromatic carbocycles. The summed E-state index contributed by atoms with van der Waals surface area (Å²) < 4.78 is 33.8. The summed E-state index contributed by atoms with van der Waals surface area (Å²) in [5, 5.41) is 14.8. The maximum absolute atomic E-state index is 13.1. The first kappa shape index (κ1) is 33.2. The first-order valence-corrected chi connectivity index (χ1v) is 17.6. The van der Waals surface area contributed by atoms with E-state index in [1.165, 1.54) is 24.3 Å². The summed E-state index contributed by atoms with van der Waals surface area (Å²) in [6.07, 6.45) is 1.62. The first-order valence-electron chi connectivity index (χ1n) is 15.2. The maximum atomic E-state index is 13.1. The van der Waals surface area contributed by atoms with Crippen LogP contribution >= 0.6 is 11.8 Å². The predicted molar refractivity (Wildman–Crippen MR) is 191 cm³/mol. The normalized spacial score (nSPS) is 11.2. The van der Waals surface area contributed by atoms with Crippen molar-refractivity contribution >= 4 is 39.1 Å². The van der Waals surface area contributed by atoms with Gasteiger partial charge >= 0.3 is 0 Å². The van der Waals surface area contributed by atoms with Crippen molar-refractivity contribution in [2.45, 2.75) is 16.7 Å². The Labute approximate surface area is 287 Å². The number of benzene rings is 5. The molecule has 6 rings (SSSR count). The van der Waals surface area contributed by atoms with E-state index in [2.05, 4.69) is 10.3 Å². The van der Waals surface area contributed by atoms with Crippen molar-refractivity contribution < 1.29 is 22.6 Å². The lowest BCUT2D eigenvalue weighted by molar-refractivity contribution is -0.384. The number of rotatable bonds is 12. The molecule has 12 heteroatoms. The summed E-state index contributed by atoms with van der Waals surface area (Å²) >= 11 is 1.58. The molecule has 1 aromatic heterocycles. The minimum atomic E-state index is -4.40. The number of sulfonamides is 1. The number of oxazole rings is 1. The zero-order valence-electron chi connectivity index (χ0n) is 26.2. The summed E-state index contributed by atoms with van der Waals surface area (Å²) in [6, 6.07) is 35.3. The molecule has 10 nitrogen and oxygen atoms in total. The van der Waals surface area contributed by atoms with Gasteiger partial charge in [-0.2, -0.15) is 0 Å². The Morgan fingerprint density at radius 3 is 2.14 bits per heavy atom. The number of nitro benzene ring substituents is 1. The molecule has 0 spiro atoms. The number of hydrogen-bond donors (Lipinski definition) is 2. The molecule has 0 atom stereocenters. The molecule has 0 aliphatic heterocycles. The van der Waals surface area contributed by atoms with Crippen molar-refractivity contribution in [2.75, 3.05) is 17.6 Å². The van der Waals surface area contributed by atoms with Crippen molar-refractivity contribution in [1.82, 2.24) is 9.71 Å². The lowest BCUT2D eigenvalue weighted by Crippen LogP contribution is -2.30. The molecule has 0 aliphatic carbocycles. The molecular formula is C37H30N4O6S2. The highest BCUT2D eigenvalue weighted by molar-refractivity contribution is 7.99. The Morgan fingerprint density at radius 2 is 1.47 bits per heavy atom. The van der Waals surface area contributed by atoms with Gasteiger partial charge in [-0.15, -0.1) is 11.8 Å². The van der Waals surface area contributed by atoms with Crippen LogP contribution in [0.15, 0.2) is 142 Å². The Morgan fingerprint density at radius 1 is 0.837 bits per heavy atom. The number of aromatic nitrogens is 1. The van der Waals surface area contributed by atoms with Gasteiger partial charge in [0.05, 0.1) is 9.82 Å². The number of amides is 1. The molecule has 6 aromatic rings. The van der Waals surface area contributed by atoms with E-state index >= 15 is 0 Å². The van der Waals surface area contributed by atoms with E-state index in [-0.39, 0.29) is 11.3 Å². The van der Waals surface area contributed by atoms with Crippen LogP contribution < -0.4 is 10.0 Å². The molecule has 0 saturated carbocycles. The van der Waals surface area contributed by atoms with Gasteiger partial charge in [-0.05, 0) is 66.6 Å². The van der Waals surface area contributed by atoms with Crippen molar-refractivity contribution in [1.29, 1.82) is 0 Å². The Bertz CT molecular complexity index is 2200. The maximum Gasteiger partial charge on any atom is 0.293 e. The van der Waals surface area contributed by atoms with Crippen LogP contribution in [-0.4, -0.2) is 36.5 Å². The standard InChI is InChI=1S/C37H30N4O6S2/c1-25-7-9-28(10-8-25)34-24-47-37(39-34)30-17-13-27(14-18-30)26-11-15-29(16-12-26)36(42)40-49(45,46)32-19-20-33(35(23-32)41(43)44)38-21-22-48-31-5-3-2-4-6-31/h2-20,23-24,38H,21-22H2,1H3,(H,40,42). The van der Waals surface area contributed by atoms with E-state index in [0.29, 0.717) is 18.2 Å². The fourth-order valence-corrected chi connectivity index (χ4v) is 6.76. The third-order valence-electron chi connectivity index (χ3n) is 7.60. The van der Waals surface area contributed by atoms with Crippen molar-refractivity contribution in [3.8, 4) is 33.8 Å². The van der Waals surface area contributed by atoms with Gasteiger partial charge in [0.15, 0.2) is 0 Å². The number of nitro groups is 1. The molecule has 0 unspecified atom stereocenters. The number of nitrogens with zero attached hydrogens (tertiary/aromatic N) is 2. The molecule has 1 amide bonds. The number of hydrogen-bond acceptors (Lipinski definition) is 9. The fraction of sp³-hybridized carbons (Fsp3) is 0.0811. The molecule has 0 aliphatic rings. The van der Waals surface area contributed by atoms with Crippen LogP contribution in [0.1, 0.15) is 15.9 Å². The highest BCUT2D eigenvalue weighted by Crippen LogP contribution is 2.30. The van der Waals surface area contributed by atoms with Crippen LogP contribution in [0.4, 0.5) is 11.4 Å². The summed E-state index contributed by atoms with van der Waals surface area (Å²) in [6.45, 7) is 2.44. The third kappa shape index (κ3) is 8.06. The second-order valence-electron chi connectivity index (χ2n) is 11.0. The van der Waals surface area contributed by atoms with Gasteiger partial charge < -0.3 is 9.73 Å². The zero-order chi connectivity index (χ0) is 34.4. The predicted octanol–water partition coefficient (Wildman–Crippen LogP) is 8.22. The molecule has 0 saturated heterocycles. The van der Waals surface area contributed by atoms with Crippen LogP contribution in [0.2, 0.25) is 0 Å². The Balaban J connectivity index is 1.08. The number of carbonyl (C=O) groups excluding carboxylic acids is 1. The fourth-order valence-electron chi connectivity index (χ4n) is 4.97. The molecule has 246 valence electrons. The van der Waals surface area contributed by atoms with Gasteiger partial charge in [-0.25, -0.2) is 18.1 Å². The van der Waals surface area contributed by atoms with Crippen molar-refractivity contribution in [2.24, 2.45) is 0 Å². The lowest BCUT2D eigenvalue weighted by Gasteiger charge is -2.11. The quantitative estimate of drug-likeness (QED) is 0.0562. The van der Waals surface area contributed by atoms with E-state index in [0.717, 1.165) is 44.5 Å². The first-order chi connectivity index (χ1) is 23.7. The van der Waals surface area contributed by atoms with E-state index in [9.17, 15) is 23.3 Å². The third-order valence-corrected chi connectivity index (χ3v) is 9.94. The minimum Gasteiger partial charge on any atom is -0.444 e. The van der Waals surface area contributed by atoms with Gasteiger partial charge in [0.25, 0.3) is 21.6 Å². The summed E-state index contributed by atoms with van der Waals surface area (Å²) in [4.78, 5) is 29.3. The van der Waals surface area contributed by atoms with Crippen LogP contribution in [0.5, 0.6) is 0 Å². The Kier molecular flexibility index (Phi) is 9.88. The van der Waals surface area contributed by atoms with Gasteiger partial charge in [0.1, 0.15) is 17.6 Å². The average molecular weight is 691 g/mol. The molecule has 0 bridgehead atoms. The van der Waals surface area contributed by atoms with Gasteiger partial charge in [-0.1, -0.05) is 72.3 Å². The van der Waals surface area contributed by atoms with Crippen LogP contribution in [0, 0.1) is 17.0 Å². The smallest absolute Gasteiger partial charge is 0.293 e. The van der Waals surface area contributed by atoms with Crippen molar-refractivity contribution in [3.05, 3.63) is 149 Å². The van der Waals surface area contributed by atoms with E-state index in [4.69, 9.17) is 4.42 Å². The monoisotopic (exact) mass is 690 g/mol. The SMILES string of the molecule is Cc1ccc(-c2coc(-c3ccc(-c4ccc(C(=O)NS(=O)(=O)c5ccc(NCCSc6ccccc6)c([N+](=O)[O-])c5)cc4)cc3)n2)cc1. The highest BCUT2D eigenvalue weighted by atomic mass is 32.2. The summed E-state index contributed by atoms with van der Waals surface area (Å²) in [5.74, 6) is 0.266. The summed E-state index contributed by atoms with van der Waals surface area (Å²) in [5.41, 5.74) is 5.22. The molecule has 0 fully saturated rings. The molecule has 49 heavy (non-hydrogen) atoms. The molecular weight excluding hydrogens is 661 g/mol.